The first-order valence-electron chi connectivity index (χ1n) is 10.4. The Kier molecular flexibility index (Phi) is 7.72. The van der Waals surface area contributed by atoms with Crippen molar-refractivity contribution in [2.75, 3.05) is 18.8 Å². The lowest BCUT2D eigenvalue weighted by Gasteiger charge is -2.28. The molecule has 0 atom stereocenters. The lowest BCUT2D eigenvalue weighted by Crippen LogP contribution is -2.38. The number of nitrogen functional groups attached to an aromatic ring is 1. The van der Waals surface area contributed by atoms with E-state index in [9.17, 15) is 4.79 Å². The molecule has 0 aromatic heterocycles. The molecule has 0 aliphatic heterocycles. The van der Waals surface area contributed by atoms with Crippen LogP contribution in [0.1, 0.15) is 59.9 Å². The summed E-state index contributed by atoms with van der Waals surface area (Å²) in [6.07, 6.45) is 8.04. The van der Waals surface area contributed by atoms with Gasteiger partial charge in [0, 0.05) is 18.8 Å². The molecule has 2 rings (SSSR count). The maximum absolute atomic E-state index is 12.8. The third-order valence-corrected chi connectivity index (χ3v) is 4.68. The Morgan fingerprint density at radius 2 is 1.83 bits per heavy atom. The van der Waals surface area contributed by atoms with Crippen LogP contribution in [0.5, 0.6) is 0 Å². The number of hydrogen-bond acceptors (Lipinski definition) is 3. The van der Waals surface area contributed by atoms with E-state index in [1.54, 1.807) is 0 Å². The number of hydrogen-bond donors (Lipinski definition) is 1. The average molecular weight is 397 g/mol. The fourth-order valence-corrected chi connectivity index (χ4v) is 3.17. The normalized spacial score (nSPS) is 14.7. The number of carbonyl (C=O) groups excluding carboxylic acids is 1. The second-order valence-electron chi connectivity index (χ2n) is 9.31. The summed E-state index contributed by atoms with van der Waals surface area (Å²) < 4.78 is 5.65. The van der Waals surface area contributed by atoms with Crippen LogP contribution in [-0.4, -0.2) is 29.7 Å². The number of carbonyl (C=O) groups is 1. The lowest BCUT2D eigenvalue weighted by molar-refractivity contribution is 0.0261. The van der Waals surface area contributed by atoms with E-state index in [2.05, 4.69) is 51.1 Å². The Balaban J connectivity index is 2.22. The summed E-state index contributed by atoms with van der Waals surface area (Å²) in [6, 6.07) is 7.98. The van der Waals surface area contributed by atoms with Crippen LogP contribution in [0.25, 0.3) is 5.57 Å². The molecule has 0 saturated heterocycles. The van der Waals surface area contributed by atoms with Gasteiger partial charge >= 0.3 is 6.09 Å². The van der Waals surface area contributed by atoms with Gasteiger partial charge in [0.1, 0.15) is 5.60 Å². The number of nitrogens with zero attached hydrogens (tertiary/aromatic N) is 1. The van der Waals surface area contributed by atoms with E-state index in [0.717, 1.165) is 24.1 Å². The van der Waals surface area contributed by atoms with Crippen LogP contribution in [0, 0.1) is 5.92 Å². The van der Waals surface area contributed by atoms with Gasteiger partial charge in [0.05, 0.1) is 0 Å². The van der Waals surface area contributed by atoms with Crippen molar-refractivity contribution in [2.45, 2.75) is 60.0 Å². The summed E-state index contributed by atoms with van der Waals surface area (Å²) >= 11 is 0. The van der Waals surface area contributed by atoms with Crippen molar-refractivity contribution in [2.24, 2.45) is 5.92 Å². The van der Waals surface area contributed by atoms with Gasteiger partial charge in [0.15, 0.2) is 0 Å². The molecule has 0 bridgehead atoms. The summed E-state index contributed by atoms with van der Waals surface area (Å²) in [5.74, 6) is 0.525. The number of ether oxygens (including phenoxy) is 1. The van der Waals surface area contributed by atoms with E-state index in [0.29, 0.717) is 19.0 Å². The molecule has 1 amide bonds. The zero-order valence-electron chi connectivity index (χ0n) is 18.8. The van der Waals surface area contributed by atoms with Gasteiger partial charge in [-0.05, 0) is 75.3 Å². The van der Waals surface area contributed by atoms with Crippen LogP contribution < -0.4 is 5.73 Å². The molecule has 2 N–H and O–H groups in total. The molecule has 158 valence electrons. The van der Waals surface area contributed by atoms with Crippen LogP contribution >= 0.6 is 0 Å². The van der Waals surface area contributed by atoms with Crippen molar-refractivity contribution in [1.82, 2.24) is 4.90 Å². The Bertz CT molecular complexity index is 793. The van der Waals surface area contributed by atoms with Gasteiger partial charge in [0.25, 0.3) is 0 Å². The standard InChI is InChI=1S/C25H36N2O2/c1-18(2)13-14-27(24(28)29-25(4,5)6)17-20-7-8-22(16-19(3)15-20)21-9-11-23(26)12-10-21/h7-12,15,18H,13-14,16-17,26H2,1-6H3. The molecule has 1 aromatic carbocycles. The van der Waals surface area contributed by atoms with Crippen molar-refractivity contribution in [3.8, 4) is 0 Å². The molecule has 0 radical (unpaired) electrons. The molecule has 4 heteroatoms. The predicted octanol–water partition coefficient (Wildman–Crippen LogP) is 6.21. The number of allylic oxidation sites excluding steroid dienone is 4. The molecular formula is C25H36N2O2. The first-order valence-corrected chi connectivity index (χ1v) is 10.4. The fourth-order valence-electron chi connectivity index (χ4n) is 3.17. The summed E-state index contributed by atoms with van der Waals surface area (Å²) in [4.78, 5) is 14.6. The highest BCUT2D eigenvalue weighted by molar-refractivity contribution is 5.72. The molecule has 0 heterocycles. The Morgan fingerprint density at radius 1 is 1.17 bits per heavy atom. The SMILES string of the molecule is CC1=CC(CN(CCC(C)C)C(=O)OC(C)(C)C)=CC=C(c2ccc(N)cc2)C1. The molecular weight excluding hydrogens is 360 g/mol. The van der Waals surface area contributed by atoms with E-state index in [4.69, 9.17) is 10.5 Å². The lowest BCUT2D eigenvalue weighted by atomic mass is 9.99. The number of nitrogens with two attached hydrogens (primary N) is 1. The first-order chi connectivity index (χ1) is 13.5. The summed E-state index contributed by atoms with van der Waals surface area (Å²) in [5, 5.41) is 0. The highest BCUT2D eigenvalue weighted by Crippen LogP contribution is 2.27. The molecule has 29 heavy (non-hydrogen) atoms. The van der Waals surface area contributed by atoms with E-state index in [1.165, 1.54) is 16.7 Å². The molecule has 0 spiro atoms. The molecule has 1 aliphatic carbocycles. The number of anilines is 1. The topological polar surface area (TPSA) is 55.6 Å². The van der Waals surface area contributed by atoms with E-state index in [1.807, 2.05) is 37.8 Å². The van der Waals surface area contributed by atoms with Crippen LogP contribution in [-0.2, 0) is 4.74 Å². The van der Waals surface area contributed by atoms with Crippen molar-refractivity contribution >= 4 is 17.4 Å². The van der Waals surface area contributed by atoms with Crippen LogP contribution in [0.2, 0.25) is 0 Å². The highest BCUT2D eigenvalue weighted by Gasteiger charge is 2.23. The maximum Gasteiger partial charge on any atom is 0.410 e. The third-order valence-electron chi connectivity index (χ3n) is 4.68. The highest BCUT2D eigenvalue weighted by atomic mass is 16.6. The van der Waals surface area contributed by atoms with E-state index >= 15 is 0 Å². The molecule has 0 unspecified atom stereocenters. The van der Waals surface area contributed by atoms with Gasteiger partial charge in [-0.3, -0.25) is 0 Å². The first kappa shape index (κ1) is 22.8. The molecule has 4 nitrogen and oxygen atoms in total. The van der Waals surface area contributed by atoms with E-state index < -0.39 is 5.60 Å². The average Bonchev–Trinajstić information content (AvgIpc) is 2.78. The van der Waals surface area contributed by atoms with Crippen molar-refractivity contribution < 1.29 is 9.53 Å². The Hall–Kier alpha value is -2.49. The Morgan fingerprint density at radius 3 is 2.41 bits per heavy atom. The van der Waals surface area contributed by atoms with Crippen molar-refractivity contribution in [3.05, 3.63) is 59.2 Å². The zero-order valence-corrected chi connectivity index (χ0v) is 18.8. The summed E-state index contributed by atoms with van der Waals surface area (Å²) in [6.45, 7) is 13.4. The fraction of sp³-hybridized carbons (Fsp3) is 0.480. The second kappa shape index (κ2) is 9.82. The summed E-state index contributed by atoms with van der Waals surface area (Å²) in [5.41, 5.74) is 10.9. The van der Waals surface area contributed by atoms with E-state index in [-0.39, 0.29) is 6.09 Å². The number of amides is 1. The number of benzene rings is 1. The quantitative estimate of drug-likeness (QED) is 0.581. The van der Waals surface area contributed by atoms with Gasteiger partial charge in [0.2, 0.25) is 0 Å². The van der Waals surface area contributed by atoms with Crippen molar-refractivity contribution in [1.29, 1.82) is 0 Å². The maximum atomic E-state index is 12.8. The van der Waals surface area contributed by atoms with Crippen molar-refractivity contribution in [3.63, 3.8) is 0 Å². The van der Waals surface area contributed by atoms with Crippen LogP contribution in [0.4, 0.5) is 10.5 Å². The van der Waals surface area contributed by atoms with Gasteiger partial charge < -0.3 is 15.4 Å². The smallest absolute Gasteiger partial charge is 0.410 e. The molecule has 1 aliphatic rings. The predicted molar refractivity (Wildman–Crippen MR) is 123 cm³/mol. The minimum absolute atomic E-state index is 0.253. The van der Waals surface area contributed by atoms with Gasteiger partial charge in [-0.1, -0.05) is 49.8 Å². The second-order valence-corrected chi connectivity index (χ2v) is 9.31. The van der Waals surface area contributed by atoms with Gasteiger partial charge in [-0.2, -0.15) is 0 Å². The third kappa shape index (κ3) is 7.80. The van der Waals surface area contributed by atoms with Crippen LogP contribution in [0.15, 0.2) is 53.6 Å². The molecule has 1 aromatic rings. The minimum Gasteiger partial charge on any atom is -0.444 e. The number of rotatable bonds is 6. The zero-order chi connectivity index (χ0) is 21.6. The van der Waals surface area contributed by atoms with Crippen LogP contribution in [0.3, 0.4) is 0 Å². The van der Waals surface area contributed by atoms with Gasteiger partial charge in [-0.15, -0.1) is 0 Å². The molecule has 0 fully saturated rings. The minimum atomic E-state index is -0.501. The Labute approximate surface area is 176 Å². The monoisotopic (exact) mass is 396 g/mol. The molecule has 0 saturated carbocycles. The summed E-state index contributed by atoms with van der Waals surface area (Å²) in [7, 11) is 0. The largest absolute Gasteiger partial charge is 0.444 e. The van der Waals surface area contributed by atoms with Gasteiger partial charge in [-0.25, -0.2) is 4.79 Å².